The number of ether oxygens (including phenoxy) is 1. The van der Waals surface area contributed by atoms with Crippen LogP contribution in [0.3, 0.4) is 0 Å². The van der Waals surface area contributed by atoms with E-state index in [2.05, 4.69) is 15.6 Å². The van der Waals surface area contributed by atoms with E-state index in [0.717, 1.165) is 22.7 Å². The maximum absolute atomic E-state index is 12.7. The molecule has 0 bridgehead atoms. The molecule has 0 atom stereocenters. The highest BCUT2D eigenvalue weighted by molar-refractivity contribution is 5.91. The van der Waals surface area contributed by atoms with Gasteiger partial charge in [-0.05, 0) is 67.1 Å². The summed E-state index contributed by atoms with van der Waals surface area (Å²) < 4.78 is 6.64. The van der Waals surface area contributed by atoms with Crippen LogP contribution < -0.4 is 20.9 Å². The number of aromatic nitrogens is 2. The predicted molar refractivity (Wildman–Crippen MR) is 127 cm³/mol. The van der Waals surface area contributed by atoms with Crippen LogP contribution in [0.25, 0.3) is 10.9 Å². The van der Waals surface area contributed by atoms with Gasteiger partial charge in [0.1, 0.15) is 5.75 Å². The van der Waals surface area contributed by atoms with Crippen LogP contribution in [0.4, 0.5) is 17.1 Å². The Morgan fingerprint density at radius 2 is 1.62 bits per heavy atom. The minimum Gasteiger partial charge on any atom is -0.497 e. The van der Waals surface area contributed by atoms with Gasteiger partial charge in [0, 0.05) is 30.0 Å². The Bertz CT molecular complexity index is 1300. The molecule has 0 aliphatic heterocycles. The van der Waals surface area contributed by atoms with E-state index >= 15 is 0 Å². The molecular weight excluding hydrogens is 404 g/mol. The first-order chi connectivity index (χ1) is 15.5. The van der Waals surface area contributed by atoms with Crippen LogP contribution >= 0.6 is 0 Å². The number of benzene rings is 3. The van der Waals surface area contributed by atoms with E-state index in [0.29, 0.717) is 16.6 Å². The van der Waals surface area contributed by atoms with Crippen molar-refractivity contribution < 1.29 is 9.53 Å². The monoisotopic (exact) mass is 428 g/mol. The number of para-hydroxylation sites is 1. The summed E-state index contributed by atoms with van der Waals surface area (Å²) in [6.45, 7) is 2.18. The van der Waals surface area contributed by atoms with Crippen LogP contribution in [0.15, 0.2) is 77.9 Å². The number of carbonyl (C=O) groups is 1. The Hall–Kier alpha value is -4.13. The molecule has 0 saturated carbocycles. The number of anilines is 3. The molecule has 2 N–H and O–H groups in total. The maximum atomic E-state index is 12.7. The average Bonchev–Trinajstić information content (AvgIpc) is 2.81. The van der Waals surface area contributed by atoms with Gasteiger partial charge in [0.2, 0.25) is 5.91 Å². The average molecular weight is 428 g/mol. The Morgan fingerprint density at radius 3 is 2.31 bits per heavy atom. The number of hydrogen-bond donors (Lipinski definition) is 2. The van der Waals surface area contributed by atoms with E-state index < -0.39 is 0 Å². The number of aryl methyl sites for hydroxylation is 2. The highest BCUT2D eigenvalue weighted by Crippen LogP contribution is 2.21. The molecule has 0 saturated heterocycles. The zero-order valence-electron chi connectivity index (χ0n) is 18.0. The van der Waals surface area contributed by atoms with E-state index in [1.54, 1.807) is 13.2 Å². The first-order valence-corrected chi connectivity index (χ1v) is 10.3. The molecule has 1 aromatic heterocycles. The topological polar surface area (TPSA) is 85.2 Å². The molecule has 32 heavy (non-hydrogen) atoms. The molecule has 0 aliphatic rings. The molecule has 0 spiro atoms. The number of nitrogens with zero attached hydrogens (tertiary/aromatic N) is 2. The second-order valence-electron chi connectivity index (χ2n) is 7.44. The quantitative estimate of drug-likeness (QED) is 0.453. The van der Waals surface area contributed by atoms with Gasteiger partial charge in [-0.3, -0.25) is 14.2 Å². The number of carbonyl (C=O) groups excluding carboxylic acids is 1. The first-order valence-electron chi connectivity index (χ1n) is 10.3. The van der Waals surface area contributed by atoms with Crippen molar-refractivity contribution in [3.05, 3.63) is 89.0 Å². The van der Waals surface area contributed by atoms with Gasteiger partial charge in [-0.25, -0.2) is 4.98 Å². The highest BCUT2D eigenvalue weighted by Gasteiger charge is 2.08. The van der Waals surface area contributed by atoms with Crippen molar-refractivity contribution in [2.24, 2.45) is 0 Å². The van der Waals surface area contributed by atoms with Gasteiger partial charge in [-0.15, -0.1) is 0 Å². The Morgan fingerprint density at radius 1 is 0.969 bits per heavy atom. The van der Waals surface area contributed by atoms with Crippen molar-refractivity contribution in [3.63, 3.8) is 0 Å². The lowest BCUT2D eigenvalue weighted by Gasteiger charge is -2.10. The Labute approximate surface area is 185 Å². The van der Waals surface area contributed by atoms with Gasteiger partial charge in [0.15, 0.2) is 0 Å². The van der Waals surface area contributed by atoms with Crippen LogP contribution in [-0.2, 0) is 11.3 Å². The summed E-state index contributed by atoms with van der Waals surface area (Å²) in [5, 5.41) is 6.72. The molecule has 1 heterocycles. The van der Waals surface area contributed by atoms with Gasteiger partial charge in [0.05, 0.1) is 24.3 Å². The second-order valence-corrected chi connectivity index (χ2v) is 7.44. The summed E-state index contributed by atoms with van der Waals surface area (Å²) in [5.74, 6) is 0.627. The van der Waals surface area contributed by atoms with Gasteiger partial charge < -0.3 is 15.4 Å². The molecule has 0 unspecified atom stereocenters. The lowest BCUT2D eigenvalue weighted by atomic mass is 10.1. The number of nitrogens with one attached hydrogen (secondary N) is 2. The summed E-state index contributed by atoms with van der Waals surface area (Å²) in [6.07, 6.45) is 1.68. The minimum atomic E-state index is -0.169. The number of fused-ring (bicyclic) bond motifs is 1. The molecule has 3 aromatic carbocycles. The van der Waals surface area contributed by atoms with Gasteiger partial charge in [-0.1, -0.05) is 12.1 Å². The van der Waals surface area contributed by atoms with Crippen LogP contribution in [-0.4, -0.2) is 22.6 Å². The molecule has 7 heteroatoms. The van der Waals surface area contributed by atoms with Crippen LogP contribution in [0.5, 0.6) is 5.75 Å². The summed E-state index contributed by atoms with van der Waals surface area (Å²) in [5.41, 5.74) is 4.04. The number of rotatable bonds is 7. The normalized spacial score (nSPS) is 10.7. The molecule has 1 amide bonds. The van der Waals surface area contributed by atoms with Crippen LogP contribution in [0.2, 0.25) is 0 Å². The van der Waals surface area contributed by atoms with Crippen molar-refractivity contribution >= 4 is 33.9 Å². The van der Waals surface area contributed by atoms with Crippen molar-refractivity contribution in [2.45, 2.75) is 19.9 Å². The van der Waals surface area contributed by atoms with E-state index in [4.69, 9.17) is 4.74 Å². The SMILES string of the molecule is COc1ccc(Nc2ccc(NC(=O)CCn3cnc4c(C)cccc4c3=O)cc2)cc1. The fraction of sp³-hybridized carbons (Fsp3) is 0.160. The Kier molecular flexibility index (Phi) is 6.17. The molecule has 0 radical (unpaired) electrons. The summed E-state index contributed by atoms with van der Waals surface area (Å²) in [4.78, 5) is 29.4. The summed E-state index contributed by atoms with van der Waals surface area (Å²) >= 11 is 0. The number of methoxy groups -OCH3 is 1. The molecule has 7 nitrogen and oxygen atoms in total. The largest absolute Gasteiger partial charge is 0.497 e. The number of hydrogen-bond acceptors (Lipinski definition) is 5. The first kappa shape index (κ1) is 21.1. The lowest BCUT2D eigenvalue weighted by molar-refractivity contribution is -0.116. The molecule has 4 rings (SSSR count). The molecule has 162 valence electrons. The summed E-state index contributed by atoms with van der Waals surface area (Å²) in [7, 11) is 1.63. The number of amides is 1. The highest BCUT2D eigenvalue weighted by atomic mass is 16.5. The van der Waals surface area contributed by atoms with Crippen LogP contribution in [0.1, 0.15) is 12.0 Å². The fourth-order valence-electron chi connectivity index (χ4n) is 3.42. The minimum absolute atomic E-state index is 0.138. The predicted octanol–water partition coefficient (Wildman–Crippen LogP) is 4.49. The fourth-order valence-corrected chi connectivity index (χ4v) is 3.42. The van der Waals surface area contributed by atoms with Crippen molar-refractivity contribution in [1.29, 1.82) is 0 Å². The third-order valence-corrected chi connectivity index (χ3v) is 5.18. The van der Waals surface area contributed by atoms with Gasteiger partial charge >= 0.3 is 0 Å². The van der Waals surface area contributed by atoms with E-state index in [1.807, 2.05) is 67.6 Å². The van der Waals surface area contributed by atoms with E-state index in [1.165, 1.54) is 10.9 Å². The van der Waals surface area contributed by atoms with Gasteiger partial charge in [-0.2, -0.15) is 0 Å². The van der Waals surface area contributed by atoms with Crippen molar-refractivity contribution in [2.75, 3.05) is 17.7 Å². The summed E-state index contributed by atoms with van der Waals surface area (Å²) in [6, 6.07) is 20.6. The zero-order chi connectivity index (χ0) is 22.5. The molecule has 0 fully saturated rings. The van der Waals surface area contributed by atoms with Crippen molar-refractivity contribution in [3.8, 4) is 5.75 Å². The molecular formula is C25H24N4O3. The van der Waals surface area contributed by atoms with Crippen molar-refractivity contribution in [1.82, 2.24) is 9.55 Å². The molecule has 4 aromatic rings. The maximum Gasteiger partial charge on any atom is 0.261 e. The Balaban J connectivity index is 1.34. The smallest absolute Gasteiger partial charge is 0.261 e. The van der Waals surface area contributed by atoms with Crippen LogP contribution in [0, 0.1) is 6.92 Å². The molecule has 0 aliphatic carbocycles. The second kappa shape index (κ2) is 9.34. The van der Waals surface area contributed by atoms with E-state index in [9.17, 15) is 9.59 Å². The standard InChI is InChI=1S/C25H24N4O3/c1-17-4-3-5-22-24(17)26-16-29(25(22)31)15-14-23(30)28-20-8-6-18(7-9-20)27-19-10-12-21(32-2)13-11-19/h3-13,16,27H,14-15H2,1-2H3,(H,28,30). The lowest BCUT2D eigenvalue weighted by Crippen LogP contribution is -2.23. The van der Waals surface area contributed by atoms with E-state index in [-0.39, 0.29) is 24.4 Å². The van der Waals surface area contributed by atoms with Gasteiger partial charge in [0.25, 0.3) is 5.56 Å². The third kappa shape index (κ3) is 4.78. The third-order valence-electron chi connectivity index (χ3n) is 5.18. The zero-order valence-corrected chi connectivity index (χ0v) is 18.0.